The van der Waals surface area contributed by atoms with E-state index in [1.54, 1.807) is 7.11 Å². The van der Waals surface area contributed by atoms with Crippen LogP contribution in [0.2, 0.25) is 0 Å². The standard InChI is InChI=1S/C14H23N3O/c1-14(2,15)7-8-17-10-16(3)13-9-11(18-4)5-6-12(13)17/h5-6,9H,7-8,10,15H2,1-4H3. The second-order valence-electron chi connectivity index (χ2n) is 5.70. The molecule has 0 unspecified atom stereocenters. The largest absolute Gasteiger partial charge is 0.497 e. The Labute approximate surface area is 109 Å². The minimum atomic E-state index is -0.117. The molecule has 4 heteroatoms. The van der Waals surface area contributed by atoms with E-state index >= 15 is 0 Å². The fraction of sp³-hybridized carbons (Fsp3) is 0.571. The van der Waals surface area contributed by atoms with Gasteiger partial charge in [0.05, 0.1) is 25.2 Å². The van der Waals surface area contributed by atoms with Gasteiger partial charge in [0.25, 0.3) is 0 Å². The molecule has 0 saturated heterocycles. The van der Waals surface area contributed by atoms with Crippen LogP contribution >= 0.6 is 0 Å². The Kier molecular flexibility index (Phi) is 3.39. The van der Waals surface area contributed by atoms with Gasteiger partial charge in [-0.2, -0.15) is 0 Å². The first-order chi connectivity index (χ1) is 8.40. The summed E-state index contributed by atoms with van der Waals surface area (Å²) in [4.78, 5) is 4.60. The van der Waals surface area contributed by atoms with Crippen molar-refractivity contribution in [3.05, 3.63) is 18.2 Å². The van der Waals surface area contributed by atoms with Crippen LogP contribution < -0.4 is 20.3 Å². The van der Waals surface area contributed by atoms with Crippen LogP contribution in [0.1, 0.15) is 20.3 Å². The first kappa shape index (κ1) is 13.0. The molecule has 0 spiro atoms. The van der Waals surface area contributed by atoms with Crippen LogP contribution in [0.3, 0.4) is 0 Å². The molecule has 100 valence electrons. The van der Waals surface area contributed by atoms with E-state index in [0.717, 1.165) is 25.4 Å². The van der Waals surface area contributed by atoms with Gasteiger partial charge in [-0.05, 0) is 32.4 Å². The Hall–Kier alpha value is -1.42. The van der Waals surface area contributed by atoms with Crippen LogP contribution in [0, 0.1) is 0 Å². The van der Waals surface area contributed by atoms with Gasteiger partial charge in [0.1, 0.15) is 5.75 Å². The molecule has 1 aliphatic heterocycles. The predicted octanol–water partition coefficient (Wildman–Crippen LogP) is 2.04. The summed E-state index contributed by atoms with van der Waals surface area (Å²) in [6.07, 6.45) is 0.978. The maximum absolute atomic E-state index is 6.05. The molecule has 0 radical (unpaired) electrons. The van der Waals surface area contributed by atoms with Crippen molar-refractivity contribution >= 4 is 11.4 Å². The van der Waals surface area contributed by atoms with E-state index in [1.165, 1.54) is 11.4 Å². The molecule has 0 amide bonds. The molecule has 1 aromatic carbocycles. The van der Waals surface area contributed by atoms with Gasteiger partial charge < -0.3 is 20.3 Å². The molecule has 18 heavy (non-hydrogen) atoms. The third-order valence-electron chi connectivity index (χ3n) is 3.34. The van der Waals surface area contributed by atoms with Crippen molar-refractivity contribution in [1.29, 1.82) is 0 Å². The first-order valence-electron chi connectivity index (χ1n) is 6.34. The lowest BCUT2D eigenvalue weighted by atomic mass is 10.0. The molecular formula is C14H23N3O. The first-order valence-corrected chi connectivity index (χ1v) is 6.34. The number of rotatable bonds is 4. The van der Waals surface area contributed by atoms with Crippen molar-refractivity contribution in [2.24, 2.45) is 5.73 Å². The maximum Gasteiger partial charge on any atom is 0.121 e. The Morgan fingerprint density at radius 2 is 2.06 bits per heavy atom. The zero-order chi connectivity index (χ0) is 13.3. The van der Waals surface area contributed by atoms with Crippen molar-refractivity contribution in [3.8, 4) is 5.75 Å². The van der Waals surface area contributed by atoms with Crippen LogP contribution in [0.5, 0.6) is 5.75 Å². The minimum Gasteiger partial charge on any atom is -0.497 e. The van der Waals surface area contributed by atoms with E-state index in [-0.39, 0.29) is 5.54 Å². The summed E-state index contributed by atoms with van der Waals surface area (Å²) < 4.78 is 5.27. The van der Waals surface area contributed by atoms with Crippen molar-refractivity contribution in [2.75, 3.05) is 37.2 Å². The molecule has 0 bridgehead atoms. The van der Waals surface area contributed by atoms with Gasteiger partial charge >= 0.3 is 0 Å². The summed E-state index contributed by atoms with van der Waals surface area (Å²) in [5.41, 5.74) is 8.43. The molecule has 0 fully saturated rings. The van der Waals surface area contributed by atoms with Crippen LogP contribution in [0.4, 0.5) is 11.4 Å². The summed E-state index contributed by atoms with van der Waals surface area (Å²) in [5.74, 6) is 0.904. The monoisotopic (exact) mass is 249 g/mol. The Balaban J connectivity index is 2.15. The Bertz CT molecular complexity index is 426. The zero-order valence-corrected chi connectivity index (χ0v) is 11.7. The molecule has 4 nitrogen and oxygen atoms in total. The zero-order valence-electron chi connectivity index (χ0n) is 11.7. The van der Waals surface area contributed by atoms with Gasteiger partial charge in [0.2, 0.25) is 0 Å². The molecule has 2 N–H and O–H groups in total. The number of benzene rings is 1. The number of nitrogens with two attached hydrogens (primary N) is 1. The molecule has 0 saturated carbocycles. The lowest BCUT2D eigenvalue weighted by molar-refractivity contribution is 0.415. The number of methoxy groups -OCH3 is 1. The summed E-state index contributed by atoms with van der Waals surface area (Å²) in [7, 11) is 3.80. The number of nitrogens with zero attached hydrogens (tertiary/aromatic N) is 2. The van der Waals surface area contributed by atoms with Crippen LogP contribution in [-0.2, 0) is 0 Å². The second kappa shape index (κ2) is 4.69. The van der Waals surface area contributed by atoms with E-state index in [9.17, 15) is 0 Å². The van der Waals surface area contributed by atoms with Gasteiger partial charge in [-0.15, -0.1) is 0 Å². The second-order valence-corrected chi connectivity index (χ2v) is 5.70. The predicted molar refractivity (Wildman–Crippen MR) is 76.5 cm³/mol. The molecular weight excluding hydrogens is 226 g/mol. The molecule has 1 aliphatic rings. The molecule has 1 aromatic rings. The van der Waals surface area contributed by atoms with Gasteiger partial charge in [-0.25, -0.2) is 0 Å². The maximum atomic E-state index is 6.05. The van der Waals surface area contributed by atoms with Gasteiger partial charge in [-0.3, -0.25) is 0 Å². The van der Waals surface area contributed by atoms with Gasteiger partial charge in [0, 0.05) is 25.2 Å². The Morgan fingerprint density at radius 1 is 1.33 bits per heavy atom. The smallest absolute Gasteiger partial charge is 0.121 e. The summed E-state index contributed by atoms with van der Waals surface area (Å²) in [6, 6.07) is 6.22. The number of fused-ring (bicyclic) bond motifs is 1. The highest BCUT2D eigenvalue weighted by atomic mass is 16.5. The van der Waals surface area contributed by atoms with Crippen molar-refractivity contribution in [3.63, 3.8) is 0 Å². The highest BCUT2D eigenvalue weighted by Gasteiger charge is 2.24. The van der Waals surface area contributed by atoms with Crippen molar-refractivity contribution in [1.82, 2.24) is 0 Å². The normalized spacial score (nSPS) is 14.9. The number of anilines is 2. The fourth-order valence-corrected chi connectivity index (χ4v) is 2.23. The minimum absolute atomic E-state index is 0.117. The van der Waals surface area contributed by atoms with E-state index in [4.69, 9.17) is 10.5 Å². The third-order valence-corrected chi connectivity index (χ3v) is 3.34. The molecule has 2 rings (SSSR count). The van der Waals surface area contributed by atoms with Crippen LogP contribution in [0.15, 0.2) is 18.2 Å². The van der Waals surface area contributed by atoms with Crippen LogP contribution in [-0.4, -0.2) is 32.9 Å². The quantitative estimate of drug-likeness (QED) is 0.886. The third kappa shape index (κ3) is 2.70. The topological polar surface area (TPSA) is 41.7 Å². The molecule has 0 atom stereocenters. The highest BCUT2D eigenvalue weighted by molar-refractivity contribution is 5.77. The lowest BCUT2D eigenvalue weighted by Gasteiger charge is -2.25. The number of ether oxygens (including phenoxy) is 1. The average molecular weight is 249 g/mol. The summed E-state index contributed by atoms with van der Waals surface area (Å²) in [5, 5.41) is 0. The van der Waals surface area contributed by atoms with Crippen LogP contribution in [0.25, 0.3) is 0 Å². The van der Waals surface area contributed by atoms with Gasteiger partial charge in [-0.1, -0.05) is 0 Å². The average Bonchev–Trinajstić information content (AvgIpc) is 2.62. The number of hydrogen-bond acceptors (Lipinski definition) is 4. The fourth-order valence-electron chi connectivity index (χ4n) is 2.23. The summed E-state index contributed by atoms with van der Waals surface area (Å²) >= 11 is 0. The van der Waals surface area contributed by atoms with E-state index < -0.39 is 0 Å². The number of hydrogen-bond donors (Lipinski definition) is 1. The van der Waals surface area contributed by atoms with E-state index in [1.807, 2.05) is 6.07 Å². The SMILES string of the molecule is COc1ccc2c(c1)N(C)CN2CCC(C)(C)N. The van der Waals surface area contributed by atoms with Crippen molar-refractivity contribution in [2.45, 2.75) is 25.8 Å². The molecule has 0 aliphatic carbocycles. The van der Waals surface area contributed by atoms with E-state index in [0.29, 0.717) is 0 Å². The van der Waals surface area contributed by atoms with E-state index in [2.05, 4.69) is 42.8 Å². The van der Waals surface area contributed by atoms with Crippen molar-refractivity contribution < 1.29 is 4.74 Å². The molecule has 1 heterocycles. The lowest BCUT2D eigenvalue weighted by Crippen LogP contribution is -2.38. The van der Waals surface area contributed by atoms with Gasteiger partial charge in [0.15, 0.2) is 0 Å². The Morgan fingerprint density at radius 3 is 2.67 bits per heavy atom. The molecule has 0 aromatic heterocycles. The highest BCUT2D eigenvalue weighted by Crippen LogP contribution is 2.37. The summed E-state index contributed by atoms with van der Waals surface area (Å²) in [6.45, 7) is 6.04.